The fourth-order valence-corrected chi connectivity index (χ4v) is 2.48. The third kappa shape index (κ3) is 3.29. The summed E-state index contributed by atoms with van der Waals surface area (Å²) in [5, 5.41) is 1.39. The van der Waals surface area contributed by atoms with Gasteiger partial charge in [0.15, 0.2) is 0 Å². The van der Waals surface area contributed by atoms with Gasteiger partial charge in [0.05, 0.1) is 20.8 Å². The topological polar surface area (TPSA) is 35.2 Å². The Morgan fingerprint density at radius 3 is 2.26 bits per heavy atom. The van der Waals surface area contributed by atoms with Crippen LogP contribution in [0.15, 0.2) is 28.7 Å². The molecule has 0 amide bonds. The maximum absolute atomic E-state index is 6.10. The monoisotopic (exact) mass is 379 g/mol. The predicted molar refractivity (Wildman–Crippen MR) is 84.8 cm³/mol. The maximum atomic E-state index is 6.10. The minimum atomic E-state index is 0.430. The molecule has 6 heteroatoms. The van der Waals surface area contributed by atoms with Gasteiger partial charge in [-0.1, -0.05) is 34.8 Å². The maximum Gasteiger partial charge on any atom is 0.147 e. The lowest BCUT2D eigenvalue weighted by Gasteiger charge is -2.12. The average molecular weight is 381 g/mol. The van der Waals surface area contributed by atoms with Crippen molar-refractivity contribution in [2.24, 2.45) is 0 Å². The van der Waals surface area contributed by atoms with Crippen molar-refractivity contribution in [3.05, 3.63) is 49.4 Å². The van der Waals surface area contributed by atoms with Gasteiger partial charge in [-0.15, -0.1) is 0 Å². The van der Waals surface area contributed by atoms with Crippen LogP contribution in [0.2, 0.25) is 15.1 Å². The second-order valence-electron chi connectivity index (χ2n) is 3.94. The quantitative estimate of drug-likeness (QED) is 0.504. The Hall–Kier alpha value is -0.610. The minimum Gasteiger partial charge on any atom is -0.455 e. The van der Waals surface area contributed by atoms with E-state index in [2.05, 4.69) is 15.9 Å². The van der Waals surface area contributed by atoms with Crippen molar-refractivity contribution < 1.29 is 4.74 Å². The van der Waals surface area contributed by atoms with Crippen molar-refractivity contribution in [3.8, 4) is 11.5 Å². The Balaban J connectivity index is 2.42. The summed E-state index contributed by atoms with van der Waals surface area (Å²) in [4.78, 5) is 0. The smallest absolute Gasteiger partial charge is 0.147 e. The first-order chi connectivity index (χ1) is 8.88. The SMILES string of the molecule is Cc1cc(N)c(Cl)cc1Oc1cc(Cl)c(Br)cc1Cl. The lowest BCUT2D eigenvalue weighted by atomic mass is 10.2. The fourth-order valence-electron chi connectivity index (χ4n) is 1.50. The second kappa shape index (κ2) is 5.80. The van der Waals surface area contributed by atoms with Crippen LogP contribution >= 0.6 is 50.7 Å². The largest absolute Gasteiger partial charge is 0.455 e. The molecule has 2 rings (SSSR count). The number of hydrogen-bond acceptors (Lipinski definition) is 2. The fraction of sp³-hybridized carbons (Fsp3) is 0.0769. The third-order valence-electron chi connectivity index (χ3n) is 2.49. The molecule has 2 nitrogen and oxygen atoms in total. The van der Waals surface area contributed by atoms with Gasteiger partial charge in [-0.3, -0.25) is 0 Å². The number of aryl methyl sites for hydroxylation is 1. The Morgan fingerprint density at radius 1 is 0.947 bits per heavy atom. The molecule has 19 heavy (non-hydrogen) atoms. The number of halogens is 4. The first-order valence-electron chi connectivity index (χ1n) is 5.26. The van der Waals surface area contributed by atoms with E-state index in [1.165, 1.54) is 0 Å². The van der Waals surface area contributed by atoms with Gasteiger partial charge >= 0.3 is 0 Å². The van der Waals surface area contributed by atoms with Crippen LogP contribution in [0.3, 0.4) is 0 Å². The van der Waals surface area contributed by atoms with E-state index in [9.17, 15) is 0 Å². The van der Waals surface area contributed by atoms with E-state index in [-0.39, 0.29) is 0 Å². The molecule has 0 heterocycles. The molecule has 2 aromatic rings. The van der Waals surface area contributed by atoms with Crippen LogP contribution in [0.25, 0.3) is 0 Å². The molecule has 0 unspecified atom stereocenters. The molecular formula is C13H9BrCl3NO. The highest BCUT2D eigenvalue weighted by atomic mass is 79.9. The van der Waals surface area contributed by atoms with Gasteiger partial charge in [0, 0.05) is 16.6 Å². The van der Waals surface area contributed by atoms with Crippen LogP contribution in [-0.4, -0.2) is 0 Å². The van der Waals surface area contributed by atoms with Gasteiger partial charge in [0.1, 0.15) is 11.5 Å². The van der Waals surface area contributed by atoms with E-state index in [0.717, 1.165) is 5.56 Å². The van der Waals surface area contributed by atoms with Crippen molar-refractivity contribution in [1.29, 1.82) is 0 Å². The first-order valence-corrected chi connectivity index (χ1v) is 7.19. The summed E-state index contributed by atoms with van der Waals surface area (Å²) in [6.45, 7) is 1.87. The Kier molecular flexibility index (Phi) is 4.51. The Bertz CT molecular complexity index is 591. The van der Waals surface area contributed by atoms with Gasteiger partial charge in [-0.05, 0) is 40.5 Å². The van der Waals surface area contributed by atoms with Crippen molar-refractivity contribution in [2.45, 2.75) is 6.92 Å². The molecular weight excluding hydrogens is 372 g/mol. The zero-order chi connectivity index (χ0) is 14.2. The molecule has 2 aromatic carbocycles. The number of anilines is 1. The summed E-state index contributed by atoms with van der Waals surface area (Å²) in [6, 6.07) is 6.70. The van der Waals surface area contributed by atoms with Crippen LogP contribution in [0, 0.1) is 6.92 Å². The molecule has 0 fully saturated rings. The summed E-state index contributed by atoms with van der Waals surface area (Å²) >= 11 is 21.4. The molecule has 0 spiro atoms. The molecule has 0 aliphatic heterocycles. The van der Waals surface area contributed by atoms with Crippen LogP contribution in [-0.2, 0) is 0 Å². The van der Waals surface area contributed by atoms with Gasteiger partial charge in [-0.2, -0.15) is 0 Å². The molecule has 100 valence electrons. The molecule has 0 radical (unpaired) electrons. The van der Waals surface area contributed by atoms with E-state index in [1.54, 1.807) is 24.3 Å². The highest BCUT2D eigenvalue weighted by Crippen LogP contribution is 2.38. The van der Waals surface area contributed by atoms with Crippen LogP contribution in [0.1, 0.15) is 5.56 Å². The zero-order valence-electron chi connectivity index (χ0n) is 9.81. The van der Waals surface area contributed by atoms with Gasteiger partial charge in [-0.25, -0.2) is 0 Å². The average Bonchev–Trinajstić information content (AvgIpc) is 2.32. The number of rotatable bonds is 2. The molecule has 0 aliphatic carbocycles. The number of nitrogen functional groups attached to an aromatic ring is 1. The summed E-state index contributed by atoms with van der Waals surface area (Å²) in [5.41, 5.74) is 7.08. The van der Waals surface area contributed by atoms with Crippen LogP contribution in [0.5, 0.6) is 11.5 Å². The molecule has 0 saturated carbocycles. The molecule has 0 aromatic heterocycles. The molecule has 0 bridgehead atoms. The number of nitrogens with two attached hydrogens (primary N) is 1. The van der Waals surface area contributed by atoms with Crippen LogP contribution in [0.4, 0.5) is 5.69 Å². The van der Waals surface area contributed by atoms with E-state index in [4.69, 9.17) is 45.3 Å². The van der Waals surface area contributed by atoms with E-state index in [1.807, 2.05) is 6.92 Å². The van der Waals surface area contributed by atoms with E-state index >= 15 is 0 Å². The van der Waals surface area contributed by atoms with E-state index in [0.29, 0.717) is 36.7 Å². The van der Waals surface area contributed by atoms with Crippen LogP contribution < -0.4 is 10.5 Å². The summed E-state index contributed by atoms with van der Waals surface area (Å²) in [7, 11) is 0. The normalized spacial score (nSPS) is 10.6. The lowest BCUT2D eigenvalue weighted by Crippen LogP contribution is -1.93. The zero-order valence-corrected chi connectivity index (χ0v) is 13.7. The third-order valence-corrected chi connectivity index (χ3v) is 4.31. The molecule has 2 N–H and O–H groups in total. The molecule has 0 atom stereocenters. The summed E-state index contributed by atoms with van der Waals surface area (Å²) < 4.78 is 6.44. The standard InChI is InChI=1S/C13H9BrCl3NO/c1-6-2-11(18)9(16)5-12(6)19-13-4-8(15)7(14)3-10(13)17/h2-5H,18H2,1H3. The highest BCUT2D eigenvalue weighted by molar-refractivity contribution is 9.10. The Morgan fingerprint density at radius 2 is 1.58 bits per heavy atom. The minimum absolute atomic E-state index is 0.430. The molecule has 0 aliphatic rings. The van der Waals surface area contributed by atoms with Crippen molar-refractivity contribution >= 4 is 56.4 Å². The van der Waals surface area contributed by atoms with Crippen molar-refractivity contribution in [3.63, 3.8) is 0 Å². The van der Waals surface area contributed by atoms with E-state index < -0.39 is 0 Å². The number of benzene rings is 2. The van der Waals surface area contributed by atoms with Crippen molar-refractivity contribution in [2.75, 3.05) is 5.73 Å². The summed E-state index contributed by atoms with van der Waals surface area (Å²) in [5.74, 6) is 1.04. The number of ether oxygens (including phenoxy) is 1. The van der Waals surface area contributed by atoms with Gasteiger partial charge in [0.25, 0.3) is 0 Å². The second-order valence-corrected chi connectivity index (χ2v) is 6.01. The molecule has 0 saturated heterocycles. The lowest BCUT2D eigenvalue weighted by molar-refractivity contribution is 0.479. The number of hydrogen-bond donors (Lipinski definition) is 1. The summed E-state index contributed by atoms with van der Waals surface area (Å²) in [6.07, 6.45) is 0. The first kappa shape index (κ1) is 14.8. The highest BCUT2D eigenvalue weighted by Gasteiger charge is 2.11. The van der Waals surface area contributed by atoms with Crippen molar-refractivity contribution in [1.82, 2.24) is 0 Å². The van der Waals surface area contributed by atoms with Gasteiger partial charge < -0.3 is 10.5 Å². The predicted octanol–water partition coefficient (Wildman–Crippen LogP) is 6.09. The van der Waals surface area contributed by atoms with Gasteiger partial charge in [0.2, 0.25) is 0 Å². The Labute approximate surface area is 134 Å².